The van der Waals surface area contributed by atoms with Gasteiger partial charge >= 0.3 is 0 Å². The Bertz CT molecular complexity index is 573. The van der Waals surface area contributed by atoms with Crippen molar-refractivity contribution in [3.63, 3.8) is 0 Å². The number of fused-ring (bicyclic) bond motifs is 1. The first-order valence-electron chi connectivity index (χ1n) is 7.25. The molecule has 0 aromatic heterocycles. The average Bonchev–Trinajstić information content (AvgIpc) is 2.91. The highest BCUT2D eigenvalue weighted by Gasteiger charge is 2.59. The summed E-state index contributed by atoms with van der Waals surface area (Å²) in [4.78, 5) is 2.80. The fraction of sp³-hybridized carbons (Fsp3) is 0.600. The maximum atomic E-state index is 10.4. The second-order valence-electron chi connectivity index (χ2n) is 6.01. The van der Waals surface area contributed by atoms with Crippen molar-refractivity contribution < 1.29 is 19.3 Å². The smallest absolute Gasteiger partial charge is 0.163 e. The van der Waals surface area contributed by atoms with E-state index in [0.29, 0.717) is 6.61 Å². The number of hydrogen-bond acceptors (Lipinski definition) is 5. The van der Waals surface area contributed by atoms with Crippen molar-refractivity contribution in [2.24, 2.45) is 5.11 Å². The Morgan fingerprint density at radius 1 is 1.27 bits per heavy atom. The highest BCUT2D eigenvalue weighted by Crippen LogP contribution is 2.41. The lowest BCUT2D eigenvalue weighted by Gasteiger charge is -2.25. The zero-order chi connectivity index (χ0) is 15.7. The third-order valence-corrected chi connectivity index (χ3v) is 3.98. The van der Waals surface area contributed by atoms with Gasteiger partial charge in [-0.3, -0.25) is 0 Å². The molecule has 1 N–H and O–H groups in total. The van der Waals surface area contributed by atoms with Crippen LogP contribution in [0.25, 0.3) is 10.4 Å². The van der Waals surface area contributed by atoms with E-state index in [-0.39, 0.29) is 0 Å². The van der Waals surface area contributed by atoms with E-state index < -0.39 is 36.2 Å². The number of aliphatic hydroxyl groups excluding tert-OH is 1. The minimum Gasteiger partial charge on any atom is -0.390 e. The van der Waals surface area contributed by atoms with Gasteiger partial charge in [0.15, 0.2) is 5.79 Å². The topological polar surface area (TPSA) is 96.7 Å². The molecule has 1 saturated heterocycles. The third-order valence-electron chi connectivity index (χ3n) is 3.98. The minimum atomic E-state index is -0.953. The molecule has 118 valence electrons. The number of aliphatic hydroxyl groups is 1. The molecule has 1 saturated carbocycles. The molecule has 1 aliphatic carbocycles. The van der Waals surface area contributed by atoms with Gasteiger partial charge in [0, 0.05) is 4.91 Å². The maximum Gasteiger partial charge on any atom is 0.163 e. The average molecular weight is 305 g/mol. The van der Waals surface area contributed by atoms with Crippen LogP contribution in [0.2, 0.25) is 0 Å². The number of benzene rings is 1. The summed E-state index contributed by atoms with van der Waals surface area (Å²) in [6.07, 6.45) is -2.50. The van der Waals surface area contributed by atoms with E-state index in [9.17, 15) is 5.11 Å². The summed E-state index contributed by atoms with van der Waals surface area (Å²) in [5.74, 6) is -0.785. The van der Waals surface area contributed by atoms with Crippen molar-refractivity contribution in [2.75, 3.05) is 0 Å². The highest BCUT2D eigenvalue weighted by atomic mass is 16.8. The molecule has 1 aromatic carbocycles. The van der Waals surface area contributed by atoms with Crippen molar-refractivity contribution in [3.8, 4) is 0 Å². The van der Waals surface area contributed by atoms with Crippen LogP contribution in [0.3, 0.4) is 0 Å². The maximum absolute atomic E-state index is 10.4. The van der Waals surface area contributed by atoms with Crippen LogP contribution < -0.4 is 0 Å². The molecule has 1 heterocycles. The SMILES string of the molecule is CC1(C)O[C@@H]2[C@@H](OCc3ccccc3)[C@@H](O)[C@@H](N=[N+]=[N-])[C@@H]2O1. The highest BCUT2D eigenvalue weighted by molar-refractivity contribution is 5.14. The van der Waals surface area contributed by atoms with Crippen molar-refractivity contribution in [1.29, 1.82) is 0 Å². The first-order chi connectivity index (χ1) is 10.5. The first-order valence-corrected chi connectivity index (χ1v) is 7.25. The van der Waals surface area contributed by atoms with Crippen LogP contribution in [0, 0.1) is 0 Å². The zero-order valence-corrected chi connectivity index (χ0v) is 12.5. The van der Waals surface area contributed by atoms with Crippen LogP contribution in [-0.4, -0.2) is 41.4 Å². The standard InChI is InChI=1S/C15H19N3O4/c1-15(2)21-12-10(17-18-16)11(19)13(14(12)22-15)20-8-9-6-4-3-5-7-9/h3-7,10-14,19H,8H2,1-2H3/t10-,11+,12+,13+,14+/m1/s1. The summed E-state index contributed by atoms with van der Waals surface area (Å²) in [5, 5.41) is 14.0. The Morgan fingerprint density at radius 2 is 1.95 bits per heavy atom. The van der Waals surface area contributed by atoms with Crippen LogP contribution in [0.4, 0.5) is 0 Å². The van der Waals surface area contributed by atoms with Gasteiger partial charge in [0.25, 0.3) is 0 Å². The van der Waals surface area contributed by atoms with Crippen molar-refractivity contribution in [1.82, 2.24) is 0 Å². The molecule has 7 heteroatoms. The Labute approximate surface area is 128 Å². The summed E-state index contributed by atoms with van der Waals surface area (Å²) in [5.41, 5.74) is 9.70. The van der Waals surface area contributed by atoms with E-state index in [1.54, 1.807) is 13.8 Å². The molecule has 0 unspecified atom stereocenters. The molecular weight excluding hydrogens is 286 g/mol. The molecule has 2 fully saturated rings. The first kappa shape index (κ1) is 15.3. The van der Waals surface area contributed by atoms with Gasteiger partial charge in [0.05, 0.1) is 18.8 Å². The monoisotopic (exact) mass is 305 g/mol. The van der Waals surface area contributed by atoms with E-state index in [4.69, 9.17) is 19.7 Å². The van der Waals surface area contributed by atoms with E-state index in [2.05, 4.69) is 10.0 Å². The number of hydrogen-bond donors (Lipinski definition) is 1. The lowest BCUT2D eigenvalue weighted by atomic mass is 10.2. The quantitative estimate of drug-likeness (QED) is 0.523. The summed E-state index contributed by atoms with van der Waals surface area (Å²) >= 11 is 0. The van der Waals surface area contributed by atoms with Gasteiger partial charge in [-0.2, -0.15) is 0 Å². The second-order valence-corrected chi connectivity index (χ2v) is 6.01. The number of azide groups is 1. The lowest BCUT2D eigenvalue weighted by Crippen LogP contribution is -2.38. The van der Waals surface area contributed by atoms with E-state index >= 15 is 0 Å². The summed E-state index contributed by atoms with van der Waals surface area (Å²) in [7, 11) is 0. The Kier molecular flexibility index (Phi) is 4.08. The van der Waals surface area contributed by atoms with Crippen LogP contribution in [0.1, 0.15) is 19.4 Å². The minimum absolute atomic E-state index is 0.346. The predicted octanol–water partition coefficient (Wildman–Crippen LogP) is 2.15. The van der Waals surface area contributed by atoms with Crippen LogP contribution in [0.5, 0.6) is 0 Å². The van der Waals surface area contributed by atoms with Gasteiger partial charge in [-0.1, -0.05) is 35.4 Å². The van der Waals surface area contributed by atoms with Gasteiger partial charge in [-0.15, -0.1) is 0 Å². The molecule has 1 aliphatic heterocycles. The second kappa shape index (κ2) is 5.87. The molecule has 7 nitrogen and oxygen atoms in total. The van der Waals surface area contributed by atoms with E-state index in [1.807, 2.05) is 30.3 Å². The van der Waals surface area contributed by atoms with Gasteiger partial charge in [-0.25, -0.2) is 0 Å². The zero-order valence-electron chi connectivity index (χ0n) is 12.5. The fourth-order valence-electron chi connectivity index (χ4n) is 3.07. The van der Waals surface area contributed by atoms with Crippen LogP contribution >= 0.6 is 0 Å². The Morgan fingerprint density at radius 3 is 2.64 bits per heavy atom. The third kappa shape index (κ3) is 2.82. The van der Waals surface area contributed by atoms with Crippen molar-refractivity contribution >= 4 is 0 Å². The molecule has 22 heavy (non-hydrogen) atoms. The molecule has 2 aliphatic rings. The largest absolute Gasteiger partial charge is 0.390 e. The number of ether oxygens (including phenoxy) is 3. The normalized spacial score (nSPS) is 35.9. The Balaban J connectivity index is 1.76. The number of rotatable bonds is 4. The summed E-state index contributed by atoms with van der Waals surface area (Å²) in [6, 6.07) is 8.95. The lowest BCUT2D eigenvalue weighted by molar-refractivity contribution is -0.183. The molecule has 3 rings (SSSR count). The molecule has 0 amide bonds. The van der Waals surface area contributed by atoms with E-state index in [0.717, 1.165) is 5.56 Å². The molecule has 5 atom stereocenters. The fourth-order valence-corrected chi connectivity index (χ4v) is 3.07. The van der Waals surface area contributed by atoms with Crippen molar-refractivity contribution in [3.05, 3.63) is 46.3 Å². The van der Waals surface area contributed by atoms with Gasteiger partial charge in [0.1, 0.15) is 18.3 Å². The molecule has 1 aromatic rings. The predicted molar refractivity (Wildman–Crippen MR) is 77.8 cm³/mol. The van der Waals surface area contributed by atoms with E-state index in [1.165, 1.54) is 0 Å². The number of nitrogens with zero attached hydrogens (tertiary/aromatic N) is 3. The van der Waals surface area contributed by atoms with Gasteiger partial charge in [0.2, 0.25) is 0 Å². The molecule has 0 radical (unpaired) electrons. The summed E-state index contributed by atoms with van der Waals surface area (Å²) in [6.45, 7) is 3.93. The van der Waals surface area contributed by atoms with Gasteiger partial charge < -0.3 is 19.3 Å². The van der Waals surface area contributed by atoms with Crippen LogP contribution in [-0.2, 0) is 20.8 Å². The molecule has 0 spiro atoms. The van der Waals surface area contributed by atoms with Crippen molar-refractivity contribution in [2.45, 2.75) is 56.7 Å². The van der Waals surface area contributed by atoms with Crippen LogP contribution in [0.15, 0.2) is 35.4 Å². The molecule has 0 bridgehead atoms. The summed E-state index contributed by atoms with van der Waals surface area (Å²) < 4.78 is 17.4. The Hall–Kier alpha value is -1.63. The van der Waals surface area contributed by atoms with Gasteiger partial charge in [-0.05, 0) is 24.9 Å². The molecular formula is C15H19N3O4.